The highest BCUT2D eigenvalue weighted by Crippen LogP contribution is 2.29. The quantitative estimate of drug-likeness (QED) is 0.574. The minimum Gasteiger partial charge on any atom is -0.481 e. The van der Waals surface area contributed by atoms with E-state index in [1.165, 1.54) is 19.1 Å². The van der Waals surface area contributed by atoms with Crippen molar-refractivity contribution in [2.75, 3.05) is 11.9 Å². The first-order valence-electron chi connectivity index (χ1n) is 8.05. The van der Waals surface area contributed by atoms with Crippen molar-refractivity contribution in [3.63, 3.8) is 0 Å². The van der Waals surface area contributed by atoms with Crippen molar-refractivity contribution >= 4 is 23.9 Å². The van der Waals surface area contributed by atoms with Crippen molar-refractivity contribution in [3.8, 4) is 5.75 Å². The number of aldehydes is 1. The summed E-state index contributed by atoms with van der Waals surface area (Å²) in [6.45, 7) is 0.777. The zero-order chi connectivity index (χ0) is 20.7. The van der Waals surface area contributed by atoms with Gasteiger partial charge in [0.05, 0.1) is 11.1 Å². The standard InChI is InChI=1S/C19H16F3NO5/c1-12(18(26)23-15-8-6-14(7-9-15)19(20,21)22)28-17(25)11-27-16-5-3-2-4-13(16)10-24/h2-10,12H,11H2,1H3,(H,23,26)/t12-/m0/s1. The van der Waals surface area contributed by atoms with Crippen LogP contribution in [0.15, 0.2) is 48.5 Å². The molecule has 1 atom stereocenters. The molecular formula is C19H16F3NO5. The topological polar surface area (TPSA) is 81.7 Å². The highest BCUT2D eigenvalue weighted by Gasteiger charge is 2.30. The average molecular weight is 395 g/mol. The number of amides is 1. The zero-order valence-electron chi connectivity index (χ0n) is 14.7. The van der Waals surface area contributed by atoms with Crippen molar-refractivity contribution in [1.82, 2.24) is 0 Å². The molecule has 0 spiro atoms. The Morgan fingerprint density at radius 3 is 2.36 bits per heavy atom. The Labute approximate surface area is 158 Å². The first-order chi connectivity index (χ1) is 13.2. The summed E-state index contributed by atoms with van der Waals surface area (Å²) in [6, 6.07) is 10.1. The van der Waals surface area contributed by atoms with E-state index in [-0.39, 0.29) is 17.0 Å². The summed E-state index contributed by atoms with van der Waals surface area (Å²) in [5.74, 6) is -1.38. The molecule has 0 saturated carbocycles. The fraction of sp³-hybridized carbons (Fsp3) is 0.211. The molecule has 0 aromatic heterocycles. The van der Waals surface area contributed by atoms with Crippen molar-refractivity contribution in [2.45, 2.75) is 19.2 Å². The van der Waals surface area contributed by atoms with Gasteiger partial charge in [-0.2, -0.15) is 13.2 Å². The van der Waals surface area contributed by atoms with Gasteiger partial charge in [0, 0.05) is 5.69 Å². The van der Waals surface area contributed by atoms with Gasteiger partial charge in [-0.3, -0.25) is 9.59 Å². The summed E-state index contributed by atoms with van der Waals surface area (Å²) >= 11 is 0. The average Bonchev–Trinajstić information content (AvgIpc) is 2.66. The number of esters is 1. The van der Waals surface area contributed by atoms with Gasteiger partial charge in [-0.05, 0) is 43.3 Å². The van der Waals surface area contributed by atoms with E-state index < -0.39 is 36.3 Å². The van der Waals surface area contributed by atoms with Gasteiger partial charge in [0.1, 0.15) is 5.75 Å². The lowest BCUT2D eigenvalue weighted by Crippen LogP contribution is -2.31. The van der Waals surface area contributed by atoms with Crippen molar-refractivity contribution in [2.24, 2.45) is 0 Å². The number of ether oxygens (including phenoxy) is 2. The van der Waals surface area contributed by atoms with Crippen LogP contribution in [0.5, 0.6) is 5.75 Å². The Balaban J connectivity index is 1.86. The lowest BCUT2D eigenvalue weighted by atomic mass is 10.2. The smallest absolute Gasteiger partial charge is 0.416 e. The number of hydrogen-bond acceptors (Lipinski definition) is 5. The molecule has 1 N–H and O–H groups in total. The summed E-state index contributed by atoms with van der Waals surface area (Å²) in [5, 5.41) is 2.35. The molecule has 0 saturated heterocycles. The van der Waals surface area contributed by atoms with E-state index in [1.807, 2.05) is 0 Å². The highest BCUT2D eigenvalue weighted by molar-refractivity contribution is 5.95. The van der Waals surface area contributed by atoms with Crippen LogP contribution < -0.4 is 10.1 Å². The molecular weight excluding hydrogens is 379 g/mol. The lowest BCUT2D eigenvalue weighted by Gasteiger charge is -2.14. The van der Waals surface area contributed by atoms with Crippen molar-refractivity contribution in [3.05, 3.63) is 59.7 Å². The molecule has 0 radical (unpaired) electrons. The summed E-state index contributed by atoms with van der Waals surface area (Å²) < 4.78 is 47.7. The maximum absolute atomic E-state index is 12.5. The molecule has 0 unspecified atom stereocenters. The van der Waals surface area contributed by atoms with E-state index in [9.17, 15) is 27.6 Å². The van der Waals surface area contributed by atoms with Gasteiger partial charge in [-0.1, -0.05) is 12.1 Å². The largest absolute Gasteiger partial charge is 0.481 e. The van der Waals surface area contributed by atoms with Crippen molar-refractivity contribution < 1.29 is 37.0 Å². The number of anilines is 1. The second-order valence-electron chi connectivity index (χ2n) is 5.64. The van der Waals surface area contributed by atoms with E-state index >= 15 is 0 Å². The van der Waals surface area contributed by atoms with Crippen LogP contribution in [-0.4, -0.2) is 30.9 Å². The van der Waals surface area contributed by atoms with Crippen LogP contribution >= 0.6 is 0 Å². The Kier molecular flexibility index (Phi) is 6.75. The zero-order valence-corrected chi connectivity index (χ0v) is 14.7. The summed E-state index contributed by atoms with van der Waals surface area (Å²) in [6.07, 6.45) is -5.12. The predicted octanol–water partition coefficient (Wildman–Crippen LogP) is 3.47. The third-order valence-corrected chi connectivity index (χ3v) is 3.55. The molecule has 6 nitrogen and oxygen atoms in total. The predicted molar refractivity (Wildman–Crippen MR) is 93.0 cm³/mol. The van der Waals surface area contributed by atoms with E-state index in [1.54, 1.807) is 12.1 Å². The van der Waals surface area contributed by atoms with E-state index in [2.05, 4.69) is 5.32 Å². The van der Waals surface area contributed by atoms with Crippen LogP contribution in [0, 0.1) is 0 Å². The summed E-state index contributed by atoms with van der Waals surface area (Å²) in [7, 11) is 0. The monoisotopic (exact) mass is 395 g/mol. The SMILES string of the molecule is C[C@H](OC(=O)COc1ccccc1C=O)C(=O)Nc1ccc(C(F)(F)F)cc1. The first kappa shape index (κ1) is 20.9. The second kappa shape index (κ2) is 9.03. The molecule has 1 amide bonds. The Morgan fingerprint density at radius 2 is 1.75 bits per heavy atom. The Bertz CT molecular complexity index is 849. The molecule has 148 valence electrons. The molecule has 0 aliphatic rings. The normalized spacial score (nSPS) is 12.0. The van der Waals surface area contributed by atoms with Gasteiger partial charge in [-0.15, -0.1) is 0 Å². The number of nitrogens with one attached hydrogen (secondary N) is 1. The van der Waals surface area contributed by atoms with Crippen LogP contribution in [-0.2, 0) is 20.5 Å². The molecule has 2 aromatic carbocycles. The molecule has 0 aliphatic heterocycles. The summed E-state index contributed by atoms with van der Waals surface area (Å²) in [4.78, 5) is 34.7. The maximum atomic E-state index is 12.5. The molecule has 9 heteroatoms. The minimum absolute atomic E-state index is 0.122. The first-order valence-corrected chi connectivity index (χ1v) is 8.05. The minimum atomic E-state index is -4.48. The third kappa shape index (κ3) is 5.83. The fourth-order valence-corrected chi connectivity index (χ4v) is 2.12. The van der Waals surface area contributed by atoms with Gasteiger partial charge in [-0.25, -0.2) is 4.79 Å². The number of rotatable bonds is 7. The number of benzene rings is 2. The molecule has 0 aliphatic carbocycles. The molecule has 28 heavy (non-hydrogen) atoms. The van der Waals surface area contributed by atoms with Gasteiger partial charge in [0.2, 0.25) is 0 Å². The van der Waals surface area contributed by atoms with Gasteiger partial charge in [0.25, 0.3) is 5.91 Å². The number of halogens is 3. The fourth-order valence-electron chi connectivity index (χ4n) is 2.12. The number of carbonyl (C=O) groups is 3. The Morgan fingerprint density at radius 1 is 1.11 bits per heavy atom. The molecule has 2 aromatic rings. The van der Waals surface area contributed by atoms with Crippen molar-refractivity contribution in [1.29, 1.82) is 0 Å². The number of para-hydroxylation sites is 1. The van der Waals surface area contributed by atoms with E-state index in [4.69, 9.17) is 9.47 Å². The second-order valence-corrected chi connectivity index (χ2v) is 5.64. The molecule has 0 heterocycles. The van der Waals surface area contributed by atoms with Gasteiger partial charge < -0.3 is 14.8 Å². The molecule has 0 bridgehead atoms. The summed E-state index contributed by atoms with van der Waals surface area (Å²) in [5.41, 5.74) is -0.474. The third-order valence-electron chi connectivity index (χ3n) is 3.55. The van der Waals surface area contributed by atoms with Crippen LogP contribution in [0.4, 0.5) is 18.9 Å². The van der Waals surface area contributed by atoms with Crippen LogP contribution in [0.1, 0.15) is 22.8 Å². The number of alkyl halides is 3. The Hall–Kier alpha value is -3.36. The maximum Gasteiger partial charge on any atom is 0.416 e. The van der Waals surface area contributed by atoms with E-state index in [0.29, 0.717) is 6.29 Å². The van der Waals surface area contributed by atoms with Crippen LogP contribution in [0.3, 0.4) is 0 Å². The highest BCUT2D eigenvalue weighted by atomic mass is 19.4. The lowest BCUT2D eigenvalue weighted by molar-refractivity contribution is -0.155. The number of carbonyl (C=O) groups excluding carboxylic acids is 3. The molecule has 0 fully saturated rings. The van der Waals surface area contributed by atoms with Crippen LogP contribution in [0.2, 0.25) is 0 Å². The van der Waals surface area contributed by atoms with Crippen LogP contribution in [0.25, 0.3) is 0 Å². The number of hydrogen-bond donors (Lipinski definition) is 1. The molecule has 2 rings (SSSR count). The van der Waals surface area contributed by atoms with E-state index in [0.717, 1.165) is 24.3 Å². The van der Waals surface area contributed by atoms with Gasteiger partial charge >= 0.3 is 12.1 Å². The van der Waals surface area contributed by atoms with Gasteiger partial charge in [0.15, 0.2) is 19.0 Å².